The van der Waals surface area contributed by atoms with Crippen molar-refractivity contribution in [1.82, 2.24) is 20.0 Å². The number of hydrogen-bond acceptors (Lipinski definition) is 8. The molecule has 0 bridgehead atoms. The zero-order valence-corrected chi connectivity index (χ0v) is 26.6. The maximum absolute atomic E-state index is 13.3. The Hall–Kier alpha value is -4.75. The zero-order valence-electron chi connectivity index (χ0n) is 25.7. The Morgan fingerprint density at radius 1 is 0.979 bits per heavy atom. The van der Waals surface area contributed by atoms with Crippen LogP contribution in [-0.4, -0.2) is 53.6 Å². The maximum Gasteiger partial charge on any atom is 0.324 e. The Labute approximate surface area is 272 Å². The van der Waals surface area contributed by atoms with Gasteiger partial charge in [-0.05, 0) is 54.7 Å². The number of fused-ring (bicyclic) bond motifs is 2. The van der Waals surface area contributed by atoms with Gasteiger partial charge in [-0.1, -0.05) is 67.8 Å². The first-order valence-electron chi connectivity index (χ1n) is 15.8. The van der Waals surface area contributed by atoms with E-state index in [0.29, 0.717) is 35.7 Å². The number of sulfonamides is 1. The predicted octanol–water partition coefficient (Wildman–Crippen LogP) is 3.88. The molecular formula is C34H37N5O7S. The molecule has 4 aromatic rings. The quantitative estimate of drug-likeness (QED) is 0.166. The van der Waals surface area contributed by atoms with Gasteiger partial charge in [0, 0.05) is 0 Å². The summed E-state index contributed by atoms with van der Waals surface area (Å²) in [5.41, 5.74) is 3.38. The van der Waals surface area contributed by atoms with Crippen LogP contribution in [0.25, 0.3) is 11.0 Å². The smallest absolute Gasteiger partial charge is 0.324 e. The van der Waals surface area contributed by atoms with Crippen LogP contribution in [-0.2, 0) is 48.7 Å². The van der Waals surface area contributed by atoms with Gasteiger partial charge in [0.15, 0.2) is 6.10 Å². The number of nitrogens with zero attached hydrogens (tertiary/aromatic N) is 1. The van der Waals surface area contributed by atoms with Gasteiger partial charge in [0.2, 0.25) is 15.9 Å². The number of nitrogens with one attached hydrogen (secondary N) is 4. The number of aromatic amines is 1. The fourth-order valence-corrected chi connectivity index (χ4v) is 7.60. The van der Waals surface area contributed by atoms with Crippen LogP contribution < -0.4 is 20.1 Å². The van der Waals surface area contributed by atoms with Gasteiger partial charge in [0.1, 0.15) is 24.2 Å². The average Bonchev–Trinajstić information content (AvgIpc) is 3.50. The molecule has 0 spiro atoms. The number of H-pyrrole nitrogens is 1. The highest BCUT2D eigenvalue weighted by Gasteiger charge is 2.34. The lowest BCUT2D eigenvalue weighted by atomic mass is 10.0. The molecule has 6 rings (SSSR count). The lowest BCUT2D eigenvalue weighted by molar-refractivity contribution is -0.147. The number of carbonyl (C=O) groups is 3. The van der Waals surface area contributed by atoms with E-state index in [-0.39, 0.29) is 31.9 Å². The summed E-state index contributed by atoms with van der Waals surface area (Å²) < 4.78 is 40.6. The molecule has 1 unspecified atom stereocenters. The molecular weight excluding hydrogens is 622 g/mol. The third-order valence-corrected chi connectivity index (χ3v) is 10.3. The van der Waals surface area contributed by atoms with E-state index >= 15 is 0 Å². The summed E-state index contributed by atoms with van der Waals surface area (Å²) in [4.78, 5) is 46.4. The number of aromatic nitrogens is 2. The lowest BCUT2D eigenvalue weighted by Gasteiger charge is -2.27. The number of amides is 2. The summed E-state index contributed by atoms with van der Waals surface area (Å²) in [5.74, 6) is -0.623. The first kappa shape index (κ1) is 32.2. The van der Waals surface area contributed by atoms with Gasteiger partial charge in [-0.3, -0.25) is 14.4 Å². The van der Waals surface area contributed by atoms with Crippen LogP contribution in [0, 0.1) is 0 Å². The SMILES string of the molecule is O=C(CC1Oc2ccc(C[C@H](NS(=O)(=O)C3CCCCC3)C(=O)OCc3ccccc3)cc2NC1=O)NCc1nc2ccccc2[nH]1. The number of rotatable bonds is 12. The summed E-state index contributed by atoms with van der Waals surface area (Å²) in [5, 5.41) is 4.98. The van der Waals surface area contributed by atoms with Crippen molar-refractivity contribution in [3.05, 3.63) is 89.7 Å². The van der Waals surface area contributed by atoms with E-state index in [2.05, 4.69) is 25.3 Å². The molecule has 47 heavy (non-hydrogen) atoms. The lowest BCUT2D eigenvalue weighted by Crippen LogP contribution is -2.47. The molecule has 0 radical (unpaired) electrons. The number of carbonyl (C=O) groups excluding carboxylic acids is 3. The van der Waals surface area contributed by atoms with Crippen LogP contribution in [0.2, 0.25) is 0 Å². The summed E-state index contributed by atoms with van der Waals surface area (Å²) in [7, 11) is -3.79. The van der Waals surface area contributed by atoms with Crippen molar-refractivity contribution in [1.29, 1.82) is 0 Å². The van der Waals surface area contributed by atoms with Gasteiger partial charge in [-0.15, -0.1) is 0 Å². The fourth-order valence-electron chi connectivity index (χ4n) is 5.88. The van der Waals surface area contributed by atoms with E-state index in [1.807, 2.05) is 54.6 Å². The molecule has 1 fully saturated rings. The van der Waals surface area contributed by atoms with Crippen molar-refractivity contribution in [2.24, 2.45) is 0 Å². The molecule has 2 aliphatic rings. The number of para-hydroxylation sites is 2. The van der Waals surface area contributed by atoms with Crippen molar-refractivity contribution < 1.29 is 32.3 Å². The van der Waals surface area contributed by atoms with E-state index in [4.69, 9.17) is 9.47 Å². The molecule has 1 aliphatic carbocycles. The highest BCUT2D eigenvalue weighted by Crippen LogP contribution is 2.32. The summed E-state index contributed by atoms with van der Waals surface area (Å²) in [6.45, 7) is 0.171. The predicted molar refractivity (Wildman–Crippen MR) is 175 cm³/mol. The highest BCUT2D eigenvalue weighted by atomic mass is 32.2. The van der Waals surface area contributed by atoms with Crippen LogP contribution >= 0.6 is 0 Å². The monoisotopic (exact) mass is 659 g/mol. The highest BCUT2D eigenvalue weighted by molar-refractivity contribution is 7.90. The van der Waals surface area contributed by atoms with Gasteiger partial charge in [-0.2, -0.15) is 0 Å². The van der Waals surface area contributed by atoms with E-state index in [9.17, 15) is 22.8 Å². The van der Waals surface area contributed by atoms with Crippen LogP contribution in [0.15, 0.2) is 72.8 Å². The van der Waals surface area contributed by atoms with Gasteiger partial charge in [-0.25, -0.2) is 18.1 Å². The molecule has 2 atom stereocenters. The van der Waals surface area contributed by atoms with Crippen LogP contribution in [0.4, 0.5) is 5.69 Å². The number of esters is 1. The Morgan fingerprint density at radius 2 is 1.74 bits per heavy atom. The molecule has 12 nitrogen and oxygen atoms in total. The van der Waals surface area contributed by atoms with Gasteiger partial charge >= 0.3 is 5.97 Å². The Kier molecular flexibility index (Phi) is 9.83. The average molecular weight is 660 g/mol. The molecule has 246 valence electrons. The molecule has 1 saturated carbocycles. The van der Waals surface area contributed by atoms with Crippen LogP contribution in [0.5, 0.6) is 5.75 Å². The molecule has 2 heterocycles. The molecule has 13 heteroatoms. The number of ether oxygens (including phenoxy) is 2. The van der Waals surface area contributed by atoms with Crippen molar-refractivity contribution in [2.45, 2.75) is 75.5 Å². The largest absolute Gasteiger partial charge is 0.478 e. The standard InChI is InChI=1S/C34H37N5O7S/c40-32(35-20-31-36-25-13-7-8-14-26(25)37-31)19-30-33(41)38-27-17-23(15-16-29(27)46-30)18-28(34(42)45-21-22-9-3-1-4-10-22)39-47(43,44)24-11-5-2-6-12-24/h1,3-4,7-10,13-17,24,28,30,39H,2,5-6,11-12,18-21H2,(H,35,40)(H,36,37)(H,38,41)/t28-,30?/m0/s1. The second-order valence-electron chi connectivity index (χ2n) is 11.9. The zero-order chi connectivity index (χ0) is 32.8. The topological polar surface area (TPSA) is 169 Å². The van der Waals surface area contributed by atoms with Crippen LogP contribution in [0.3, 0.4) is 0 Å². The van der Waals surface area contributed by atoms with Gasteiger partial charge in [0.05, 0.1) is 34.9 Å². The molecule has 2 amide bonds. The van der Waals surface area contributed by atoms with E-state index < -0.39 is 39.3 Å². The third-order valence-electron chi connectivity index (χ3n) is 8.37. The van der Waals surface area contributed by atoms with E-state index in [0.717, 1.165) is 35.9 Å². The normalized spacial score (nSPS) is 17.3. The third kappa shape index (κ3) is 8.16. The first-order valence-corrected chi connectivity index (χ1v) is 17.3. The van der Waals surface area contributed by atoms with Crippen molar-refractivity contribution in [3.8, 4) is 5.75 Å². The van der Waals surface area contributed by atoms with Crippen molar-refractivity contribution in [2.75, 3.05) is 5.32 Å². The minimum absolute atomic E-state index is 0.00263. The van der Waals surface area contributed by atoms with Gasteiger partial charge in [0.25, 0.3) is 5.91 Å². The number of hydrogen-bond donors (Lipinski definition) is 4. The molecule has 3 aromatic carbocycles. The number of benzene rings is 3. The summed E-state index contributed by atoms with van der Waals surface area (Å²) in [6.07, 6.45) is 2.47. The van der Waals surface area contributed by atoms with E-state index in [1.165, 1.54) is 0 Å². The molecule has 1 aromatic heterocycles. The maximum atomic E-state index is 13.3. The Bertz CT molecular complexity index is 1820. The molecule has 0 saturated heterocycles. The number of imidazole rings is 1. The second kappa shape index (κ2) is 14.3. The molecule has 4 N–H and O–H groups in total. The van der Waals surface area contributed by atoms with Crippen LogP contribution in [0.1, 0.15) is 55.5 Å². The Balaban J connectivity index is 1.10. The Morgan fingerprint density at radius 3 is 2.53 bits per heavy atom. The van der Waals surface area contributed by atoms with Gasteiger partial charge < -0.3 is 25.1 Å². The van der Waals surface area contributed by atoms with Crippen molar-refractivity contribution in [3.63, 3.8) is 0 Å². The second-order valence-corrected chi connectivity index (χ2v) is 13.9. The number of anilines is 1. The fraction of sp³-hybridized carbons (Fsp3) is 0.353. The minimum Gasteiger partial charge on any atom is -0.478 e. The molecule has 1 aliphatic heterocycles. The first-order chi connectivity index (χ1) is 22.7. The minimum atomic E-state index is -3.79. The van der Waals surface area contributed by atoms with Crippen molar-refractivity contribution >= 4 is 44.5 Å². The summed E-state index contributed by atoms with van der Waals surface area (Å²) >= 11 is 0. The summed E-state index contributed by atoms with van der Waals surface area (Å²) in [6, 6.07) is 20.5. The van der Waals surface area contributed by atoms with E-state index in [1.54, 1.807) is 18.2 Å².